The van der Waals surface area contributed by atoms with Crippen molar-refractivity contribution in [1.29, 1.82) is 0 Å². The minimum Gasteiger partial charge on any atom is -0.460 e. The molecule has 7 nitrogen and oxygen atoms in total. The zero-order valence-corrected chi connectivity index (χ0v) is 23.3. The molecule has 0 aliphatic rings. The smallest absolute Gasteiger partial charge is 0.325 e. The van der Waals surface area contributed by atoms with Gasteiger partial charge in [0.15, 0.2) is 0 Å². The summed E-state index contributed by atoms with van der Waals surface area (Å²) >= 11 is 0. The van der Waals surface area contributed by atoms with Gasteiger partial charge in [0, 0.05) is 0 Å². The van der Waals surface area contributed by atoms with Gasteiger partial charge in [0.1, 0.15) is 24.8 Å². The Labute approximate surface area is 225 Å². The number of benzene rings is 3. The molecule has 0 amide bonds. The highest BCUT2D eigenvalue weighted by atomic mass is 32.2. The quantitative estimate of drug-likeness (QED) is 0.319. The Kier molecular flexibility index (Phi) is 9.46. The first kappa shape index (κ1) is 29.1. The van der Waals surface area contributed by atoms with Gasteiger partial charge in [0.2, 0.25) is 10.0 Å². The number of nitrogens with zero attached hydrogens (tertiary/aromatic N) is 1. The van der Waals surface area contributed by atoms with Gasteiger partial charge in [-0.2, -0.15) is 4.31 Å². The fourth-order valence-electron chi connectivity index (χ4n) is 3.96. The molecule has 0 radical (unpaired) electrons. The summed E-state index contributed by atoms with van der Waals surface area (Å²) in [5.74, 6) is -1.99. The maximum Gasteiger partial charge on any atom is 0.325 e. The first-order chi connectivity index (χ1) is 17.9. The van der Waals surface area contributed by atoms with Crippen molar-refractivity contribution in [3.8, 4) is 11.1 Å². The van der Waals surface area contributed by atoms with Crippen LogP contribution in [0.3, 0.4) is 0 Å². The number of esters is 2. The van der Waals surface area contributed by atoms with Crippen LogP contribution in [-0.4, -0.2) is 42.8 Å². The lowest BCUT2D eigenvalue weighted by atomic mass is 10.0. The van der Waals surface area contributed by atoms with Gasteiger partial charge in [-0.05, 0) is 55.5 Å². The molecule has 1 atom stereocenters. The third kappa shape index (κ3) is 7.76. The Balaban J connectivity index is 1.96. The summed E-state index contributed by atoms with van der Waals surface area (Å²) in [5.41, 5.74) is 1.71. The monoisotopic (exact) mass is 537 g/mol. The van der Waals surface area contributed by atoms with Gasteiger partial charge in [0.25, 0.3) is 0 Å². The van der Waals surface area contributed by atoms with Gasteiger partial charge < -0.3 is 9.47 Å². The van der Waals surface area contributed by atoms with Gasteiger partial charge in [-0.3, -0.25) is 9.59 Å². The van der Waals surface area contributed by atoms with Crippen LogP contribution in [0.1, 0.15) is 40.2 Å². The van der Waals surface area contributed by atoms with Crippen LogP contribution < -0.4 is 0 Å². The normalized spacial score (nSPS) is 12.8. The number of hydrogen-bond acceptors (Lipinski definition) is 6. The minimum absolute atomic E-state index is 0.0189. The number of ether oxygens (including phenoxy) is 2. The molecule has 0 fully saturated rings. The van der Waals surface area contributed by atoms with Crippen LogP contribution in [0.25, 0.3) is 11.1 Å². The van der Waals surface area contributed by atoms with Crippen LogP contribution >= 0.6 is 0 Å². The Hall–Kier alpha value is -3.49. The topological polar surface area (TPSA) is 90.0 Å². The van der Waals surface area contributed by atoms with Crippen LogP contribution in [0.15, 0.2) is 89.8 Å². The molecule has 0 spiro atoms. The molecule has 202 valence electrons. The summed E-state index contributed by atoms with van der Waals surface area (Å²) in [6.45, 7) is 7.85. The second kappa shape index (κ2) is 12.4. The fourth-order valence-corrected chi connectivity index (χ4v) is 5.61. The van der Waals surface area contributed by atoms with Gasteiger partial charge in [-0.1, -0.05) is 86.6 Å². The van der Waals surface area contributed by atoms with Crippen molar-refractivity contribution in [2.24, 2.45) is 5.92 Å². The highest BCUT2D eigenvalue weighted by Gasteiger charge is 2.41. The van der Waals surface area contributed by atoms with Crippen molar-refractivity contribution in [2.45, 2.75) is 57.8 Å². The molecule has 0 aromatic heterocycles. The maximum atomic E-state index is 13.9. The second-order valence-electron chi connectivity index (χ2n) is 10.3. The van der Waals surface area contributed by atoms with Crippen molar-refractivity contribution >= 4 is 22.0 Å². The molecule has 8 heteroatoms. The summed E-state index contributed by atoms with van der Waals surface area (Å²) in [5, 5.41) is 0. The van der Waals surface area contributed by atoms with Gasteiger partial charge >= 0.3 is 11.9 Å². The number of sulfonamides is 1. The molecule has 3 rings (SSSR count). The Bertz CT molecular complexity index is 1310. The standard InChI is InChI=1S/C30H35NO6S/c1-22(2)28(29(33)36-21-23-12-8-6-9-13-23)31(20-27(32)37-30(3,4)5)38(34,35)26-18-16-25(17-19-26)24-14-10-7-11-15-24/h6-19,22,28H,20-21H2,1-5H3/t28-/m1/s1. The lowest BCUT2D eigenvalue weighted by Crippen LogP contribution is -2.51. The minimum atomic E-state index is -4.29. The third-order valence-corrected chi connectivity index (χ3v) is 7.52. The van der Waals surface area contributed by atoms with Crippen LogP contribution in [0, 0.1) is 5.92 Å². The molecule has 0 saturated carbocycles. The molecule has 0 aliphatic carbocycles. The number of carbonyl (C=O) groups is 2. The molecule has 0 heterocycles. The van der Waals surface area contributed by atoms with E-state index in [1.807, 2.05) is 48.5 Å². The lowest BCUT2D eigenvalue weighted by Gasteiger charge is -2.32. The van der Waals surface area contributed by atoms with E-state index in [9.17, 15) is 18.0 Å². The predicted molar refractivity (Wildman–Crippen MR) is 146 cm³/mol. The highest BCUT2D eigenvalue weighted by Crippen LogP contribution is 2.27. The summed E-state index contributed by atoms with van der Waals surface area (Å²) < 4.78 is 39.7. The Morgan fingerprint density at radius 1 is 0.816 bits per heavy atom. The van der Waals surface area contributed by atoms with E-state index in [0.717, 1.165) is 21.0 Å². The lowest BCUT2D eigenvalue weighted by molar-refractivity contribution is -0.158. The number of hydrogen-bond donors (Lipinski definition) is 0. The zero-order valence-electron chi connectivity index (χ0n) is 22.5. The van der Waals surface area contributed by atoms with Crippen molar-refractivity contribution in [3.05, 3.63) is 90.5 Å². The summed E-state index contributed by atoms with van der Waals surface area (Å²) in [4.78, 5) is 26.1. The molecule has 0 bridgehead atoms. The zero-order chi connectivity index (χ0) is 27.9. The molecule has 3 aromatic carbocycles. The van der Waals surface area contributed by atoms with E-state index >= 15 is 0 Å². The molecule has 0 saturated heterocycles. The first-order valence-corrected chi connectivity index (χ1v) is 13.9. The third-order valence-electron chi connectivity index (χ3n) is 5.68. The van der Waals surface area contributed by atoms with Crippen molar-refractivity contribution in [1.82, 2.24) is 4.31 Å². The summed E-state index contributed by atoms with van der Waals surface area (Å²) in [7, 11) is -4.29. The number of rotatable bonds is 10. The first-order valence-electron chi connectivity index (χ1n) is 12.5. The summed E-state index contributed by atoms with van der Waals surface area (Å²) in [6.07, 6.45) is 0. The van der Waals surface area contributed by atoms with Crippen LogP contribution in [0.2, 0.25) is 0 Å². The van der Waals surface area contributed by atoms with Gasteiger partial charge in [0.05, 0.1) is 4.90 Å². The van der Waals surface area contributed by atoms with Crippen LogP contribution in [0.4, 0.5) is 0 Å². The Morgan fingerprint density at radius 2 is 1.34 bits per heavy atom. The average molecular weight is 538 g/mol. The molecule has 0 N–H and O–H groups in total. The van der Waals surface area contributed by atoms with Crippen LogP contribution in [-0.2, 0) is 35.7 Å². The SMILES string of the molecule is CC(C)[C@H](C(=O)OCc1ccccc1)N(CC(=O)OC(C)(C)C)S(=O)(=O)c1ccc(-c2ccccc2)cc1. The van der Waals surface area contributed by atoms with E-state index in [1.165, 1.54) is 12.1 Å². The van der Waals surface area contributed by atoms with E-state index in [4.69, 9.17) is 9.47 Å². The summed E-state index contributed by atoms with van der Waals surface area (Å²) in [6, 6.07) is 23.8. The predicted octanol–water partition coefficient (Wildman–Crippen LogP) is 5.45. The fraction of sp³-hybridized carbons (Fsp3) is 0.333. The number of carbonyl (C=O) groups excluding carboxylic acids is 2. The van der Waals surface area contributed by atoms with E-state index in [-0.39, 0.29) is 11.5 Å². The van der Waals surface area contributed by atoms with Gasteiger partial charge in [-0.15, -0.1) is 0 Å². The molecule has 38 heavy (non-hydrogen) atoms. The van der Waals surface area contributed by atoms with Gasteiger partial charge in [-0.25, -0.2) is 8.42 Å². The molecule has 0 unspecified atom stereocenters. The molecular formula is C30H35NO6S. The van der Waals surface area contributed by atoms with Crippen molar-refractivity contribution in [3.63, 3.8) is 0 Å². The van der Waals surface area contributed by atoms with Crippen molar-refractivity contribution < 1.29 is 27.5 Å². The van der Waals surface area contributed by atoms with Crippen molar-refractivity contribution in [2.75, 3.05) is 6.54 Å². The Morgan fingerprint density at radius 3 is 1.87 bits per heavy atom. The highest BCUT2D eigenvalue weighted by molar-refractivity contribution is 7.89. The largest absolute Gasteiger partial charge is 0.460 e. The van der Waals surface area contributed by atoms with E-state index in [0.29, 0.717) is 0 Å². The van der Waals surface area contributed by atoms with E-state index in [2.05, 4.69) is 0 Å². The van der Waals surface area contributed by atoms with E-state index < -0.39 is 46.1 Å². The maximum absolute atomic E-state index is 13.9. The molecule has 0 aliphatic heterocycles. The molecular weight excluding hydrogens is 502 g/mol. The molecule has 3 aromatic rings. The second-order valence-corrected chi connectivity index (χ2v) is 12.2. The van der Waals surface area contributed by atoms with Crippen LogP contribution in [0.5, 0.6) is 0 Å². The average Bonchev–Trinajstić information content (AvgIpc) is 2.87. The van der Waals surface area contributed by atoms with E-state index in [1.54, 1.807) is 58.9 Å².